The number of hydrogen-bond donors (Lipinski definition) is 0. The number of ether oxygens (including phenoxy) is 1. The van der Waals surface area contributed by atoms with Crippen molar-refractivity contribution in [1.82, 2.24) is 4.31 Å². The van der Waals surface area contributed by atoms with Crippen LogP contribution in [0.15, 0.2) is 59.5 Å². The van der Waals surface area contributed by atoms with Gasteiger partial charge in [0.1, 0.15) is 5.75 Å². The number of halogens is 3. The first-order valence-electron chi connectivity index (χ1n) is 7.51. The zero-order chi connectivity index (χ0) is 18.7. The fourth-order valence-corrected chi connectivity index (χ4v) is 3.88. The Morgan fingerprint density at radius 2 is 1.56 bits per heavy atom. The number of sulfonamides is 1. The van der Waals surface area contributed by atoms with Crippen molar-refractivity contribution < 1.29 is 26.3 Å². The van der Waals surface area contributed by atoms with Crippen molar-refractivity contribution in [3.63, 3.8) is 0 Å². The lowest BCUT2D eigenvalue weighted by Gasteiger charge is -2.26. The molecule has 136 valence electrons. The molecule has 2 rings (SSSR count). The summed E-state index contributed by atoms with van der Waals surface area (Å²) in [5.41, 5.74) is 0.816. The van der Waals surface area contributed by atoms with E-state index in [1.54, 1.807) is 13.8 Å². The van der Waals surface area contributed by atoms with Crippen LogP contribution >= 0.6 is 0 Å². The highest BCUT2D eigenvalue weighted by molar-refractivity contribution is 7.89. The van der Waals surface area contributed by atoms with Gasteiger partial charge in [0.2, 0.25) is 10.0 Å². The molecule has 0 amide bonds. The van der Waals surface area contributed by atoms with Gasteiger partial charge >= 0.3 is 6.36 Å². The van der Waals surface area contributed by atoms with Gasteiger partial charge in [-0.2, -0.15) is 4.31 Å². The standard InChI is InChI=1S/C17H18F3NO3S/c1-13(2)21(12-14-6-4-3-5-7-14)25(22,23)16-10-8-15(9-11-16)24-17(18,19)20/h3-11,13H,12H2,1-2H3. The summed E-state index contributed by atoms with van der Waals surface area (Å²) in [6, 6.07) is 12.9. The predicted octanol–water partition coefficient (Wildman–Crippen LogP) is 4.18. The molecular weight excluding hydrogens is 355 g/mol. The highest BCUT2D eigenvalue weighted by Gasteiger charge is 2.32. The molecule has 0 unspecified atom stereocenters. The van der Waals surface area contributed by atoms with E-state index in [1.165, 1.54) is 4.31 Å². The summed E-state index contributed by atoms with van der Waals surface area (Å²) in [5, 5.41) is 0. The molecule has 0 saturated carbocycles. The smallest absolute Gasteiger partial charge is 0.406 e. The van der Waals surface area contributed by atoms with Crippen molar-refractivity contribution in [2.45, 2.75) is 37.7 Å². The van der Waals surface area contributed by atoms with E-state index in [-0.39, 0.29) is 17.5 Å². The van der Waals surface area contributed by atoms with Gasteiger partial charge in [0.05, 0.1) is 4.90 Å². The molecule has 0 fully saturated rings. The summed E-state index contributed by atoms with van der Waals surface area (Å²) < 4.78 is 67.3. The van der Waals surface area contributed by atoms with Crippen molar-refractivity contribution in [1.29, 1.82) is 0 Å². The maximum atomic E-state index is 12.8. The molecule has 0 aliphatic rings. The Labute approximate surface area is 144 Å². The molecule has 0 aromatic heterocycles. The topological polar surface area (TPSA) is 46.6 Å². The van der Waals surface area contributed by atoms with Crippen molar-refractivity contribution in [2.75, 3.05) is 0 Å². The lowest BCUT2D eigenvalue weighted by atomic mass is 10.2. The van der Waals surface area contributed by atoms with E-state index >= 15 is 0 Å². The number of rotatable bonds is 6. The number of nitrogens with zero attached hydrogens (tertiary/aromatic N) is 1. The first kappa shape index (κ1) is 19.3. The normalized spacial score (nSPS) is 12.6. The van der Waals surface area contributed by atoms with Crippen LogP contribution in [0, 0.1) is 0 Å². The average Bonchev–Trinajstić information content (AvgIpc) is 2.52. The predicted molar refractivity (Wildman–Crippen MR) is 87.4 cm³/mol. The first-order chi connectivity index (χ1) is 11.6. The molecule has 0 spiro atoms. The number of alkyl halides is 3. The molecule has 0 aliphatic heterocycles. The van der Waals surface area contributed by atoms with Gasteiger partial charge in [-0.3, -0.25) is 0 Å². The van der Waals surface area contributed by atoms with Gasteiger partial charge < -0.3 is 4.74 Å². The molecule has 0 N–H and O–H groups in total. The largest absolute Gasteiger partial charge is 0.573 e. The molecule has 2 aromatic carbocycles. The van der Waals surface area contributed by atoms with Crippen LogP contribution in [0.1, 0.15) is 19.4 Å². The Bertz CT molecular complexity index is 788. The molecule has 0 heterocycles. The zero-order valence-corrected chi connectivity index (χ0v) is 14.5. The minimum Gasteiger partial charge on any atom is -0.406 e. The van der Waals surface area contributed by atoms with Crippen LogP contribution in [0.2, 0.25) is 0 Å². The van der Waals surface area contributed by atoms with Gasteiger partial charge in [0.25, 0.3) is 0 Å². The van der Waals surface area contributed by atoms with E-state index in [4.69, 9.17) is 0 Å². The van der Waals surface area contributed by atoms with Crippen molar-refractivity contribution >= 4 is 10.0 Å². The van der Waals surface area contributed by atoms with Crippen molar-refractivity contribution in [2.24, 2.45) is 0 Å². The number of benzene rings is 2. The first-order valence-corrected chi connectivity index (χ1v) is 8.95. The Hall–Kier alpha value is -2.06. The molecule has 0 bridgehead atoms. The van der Waals surface area contributed by atoms with Crippen LogP contribution in [0.5, 0.6) is 5.75 Å². The Balaban J connectivity index is 2.27. The van der Waals surface area contributed by atoms with Crippen LogP contribution in [0.3, 0.4) is 0 Å². The van der Waals surface area contributed by atoms with Gasteiger partial charge in [-0.1, -0.05) is 30.3 Å². The van der Waals surface area contributed by atoms with Crippen molar-refractivity contribution in [3.8, 4) is 5.75 Å². The summed E-state index contributed by atoms with van der Waals surface area (Å²) in [4.78, 5) is -0.0911. The quantitative estimate of drug-likeness (QED) is 0.763. The SMILES string of the molecule is CC(C)N(Cc1ccccc1)S(=O)(=O)c1ccc(OC(F)(F)F)cc1. The molecule has 2 aromatic rings. The van der Waals surface area contributed by atoms with Crippen LogP contribution in [-0.4, -0.2) is 25.1 Å². The summed E-state index contributed by atoms with van der Waals surface area (Å²) in [6.07, 6.45) is -4.82. The fourth-order valence-electron chi connectivity index (χ4n) is 2.26. The fraction of sp³-hybridized carbons (Fsp3) is 0.294. The molecule has 0 saturated heterocycles. The van der Waals surface area contributed by atoms with E-state index in [2.05, 4.69) is 4.74 Å². The highest BCUT2D eigenvalue weighted by Crippen LogP contribution is 2.26. The van der Waals surface area contributed by atoms with E-state index in [0.29, 0.717) is 0 Å². The maximum absolute atomic E-state index is 12.8. The summed E-state index contributed by atoms with van der Waals surface area (Å²) in [6.45, 7) is 3.64. The van der Waals surface area contributed by atoms with E-state index in [9.17, 15) is 21.6 Å². The third kappa shape index (κ3) is 5.20. The minimum atomic E-state index is -4.82. The second kappa shape index (κ2) is 7.45. The van der Waals surface area contributed by atoms with E-state index in [1.807, 2.05) is 30.3 Å². The molecule has 4 nitrogen and oxygen atoms in total. The molecule has 8 heteroatoms. The van der Waals surface area contributed by atoms with Crippen LogP contribution in [0.4, 0.5) is 13.2 Å². The molecular formula is C17H18F3NO3S. The summed E-state index contributed by atoms with van der Waals surface area (Å²) >= 11 is 0. The third-order valence-corrected chi connectivity index (χ3v) is 5.46. The second-order valence-electron chi connectivity index (χ2n) is 5.65. The van der Waals surface area contributed by atoms with Crippen LogP contribution in [-0.2, 0) is 16.6 Å². The third-order valence-electron chi connectivity index (χ3n) is 3.42. The van der Waals surface area contributed by atoms with Gasteiger partial charge in [0, 0.05) is 12.6 Å². The summed E-state index contributed by atoms with van der Waals surface area (Å²) in [7, 11) is -3.86. The van der Waals surface area contributed by atoms with Gasteiger partial charge in [-0.15, -0.1) is 13.2 Å². The molecule has 0 atom stereocenters. The second-order valence-corrected chi connectivity index (χ2v) is 7.54. The molecule has 0 aliphatic carbocycles. The van der Waals surface area contributed by atoms with Gasteiger partial charge in [-0.05, 0) is 43.7 Å². The monoisotopic (exact) mass is 373 g/mol. The zero-order valence-electron chi connectivity index (χ0n) is 13.7. The average molecular weight is 373 g/mol. The Kier molecular flexibility index (Phi) is 5.74. The summed E-state index contributed by atoms with van der Waals surface area (Å²) in [5.74, 6) is -0.467. The molecule has 25 heavy (non-hydrogen) atoms. The lowest BCUT2D eigenvalue weighted by molar-refractivity contribution is -0.274. The minimum absolute atomic E-state index is 0.0911. The number of hydrogen-bond acceptors (Lipinski definition) is 3. The Morgan fingerprint density at radius 3 is 2.04 bits per heavy atom. The Morgan fingerprint density at radius 1 is 1.00 bits per heavy atom. The highest BCUT2D eigenvalue weighted by atomic mass is 32.2. The van der Waals surface area contributed by atoms with Crippen molar-refractivity contribution in [3.05, 3.63) is 60.2 Å². The molecule has 0 radical (unpaired) electrons. The van der Waals surface area contributed by atoms with E-state index in [0.717, 1.165) is 29.8 Å². The van der Waals surface area contributed by atoms with E-state index < -0.39 is 22.1 Å². The van der Waals surface area contributed by atoms with Crippen LogP contribution < -0.4 is 4.74 Å². The van der Waals surface area contributed by atoms with Gasteiger partial charge in [0.15, 0.2) is 0 Å². The van der Waals surface area contributed by atoms with Crippen LogP contribution in [0.25, 0.3) is 0 Å². The maximum Gasteiger partial charge on any atom is 0.573 e. The van der Waals surface area contributed by atoms with Gasteiger partial charge in [-0.25, -0.2) is 8.42 Å². The lowest BCUT2D eigenvalue weighted by Crippen LogP contribution is -2.36.